The summed E-state index contributed by atoms with van der Waals surface area (Å²) in [6.07, 6.45) is 0.129. The van der Waals surface area contributed by atoms with E-state index in [1.54, 1.807) is 66.7 Å². The van der Waals surface area contributed by atoms with Gasteiger partial charge in [0.25, 0.3) is 5.91 Å². The molecule has 4 rings (SSSR count). The Hall–Kier alpha value is -3.77. The van der Waals surface area contributed by atoms with Crippen LogP contribution in [0.3, 0.4) is 0 Å². The average molecular weight is 435 g/mol. The van der Waals surface area contributed by atoms with Gasteiger partial charge in [0.15, 0.2) is 0 Å². The average Bonchev–Trinajstić information content (AvgIpc) is 3.14. The maximum atomic E-state index is 13.0. The van der Waals surface area contributed by atoms with Crippen molar-refractivity contribution in [3.05, 3.63) is 89.1 Å². The van der Waals surface area contributed by atoms with Crippen LogP contribution in [0.4, 0.5) is 11.4 Å². The van der Waals surface area contributed by atoms with E-state index in [0.29, 0.717) is 33.1 Å². The van der Waals surface area contributed by atoms with Gasteiger partial charge in [0.2, 0.25) is 11.7 Å². The lowest BCUT2D eigenvalue weighted by Gasteiger charge is -2.10. The van der Waals surface area contributed by atoms with Crippen molar-refractivity contribution < 1.29 is 18.7 Å². The largest absolute Gasteiger partial charge is 0.495 e. The molecule has 0 aliphatic carbocycles. The highest BCUT2D eigenvalue weighted by molar-refractivity contribution is 6.30. The second-order valence-corrected chi connectivity index (χ2v) is 7.24. The first-order chi connectivity index (χ1) is 15.0. The van der Waals surface area contributed by atoms with Gasteiger partial charge in [-0.25, -0.2) is 0 Å². The zero-order valence-electron chi connectivity index (χ0n) is 16.6. The number of carbonyl (C=O) groups is 2. The van der Waals surface area contributed by atoms with Gasteiger partial charge in [0.05, 0.1) is 19.2 Å². The molecule has 156 valence electrons. The van der Waals surface area contributed by atoms with Crippen molar-refractivity contribution in [3.63, 3.8) is 0 Å². The molecule has 0 atom stereocenters. The Labute approximate surface area is 183 Å². The Kier molecular flexibility index (Phi) is 5.91. The molecular formula is C24H19ClN2O4. The molecule has 1 heterocycles. The predicted molar refractivity (Wildman–Crippen MR) is 121 cm³/mol. The summed E-state index contributed by atoms with van der Waals surface area (Å²) < 4.78 is 11.1. The lowest BCUT2D eigenvalue weighted by atomic mass is 10.1. The maximum absolute atomic E-state index is 13.0. The Morgan fingerprint density at radius 2 is 1.65 bits per heavy atom. The van der Waals surface area contributed by atoms with E-state index in [0.717, 1.165) is 5.56 Å². The van der Waals surface area contributed by atoms with Crippen LogP contribution in [0.1, 0.15) is 16.1 Å². The summed E-state index contributed by atoms with van der Waals surface area (Å²) in [4.78, 5) is 25.7. The summed E-state index contributed by atoms with van der Waals surface area (Å²) in [7, 11) is 1.52. The summed E-state index contributed by atoms with van der Waals surface area (Å²) in [6.45, 7) is 0. The summed E-state index contributed by atoms with van der Waals surface area (Å²) in [6, 6.07) is 21.2. The van der Waals surface area contributed by atoms with Gasteiger partial charge >= 0.3 is 0 Å². The van der Waals surface area contributed by atoms with Gasteiger partial charge in [-0.05, 0) is 42.0 Å². The number of hydrogen-bond donors (Lipinski definition) is 2. The van der Waals surface area contributed by atoms with Gasteiger partial charge in [-0.1, -0.05) is 48.0 Å². The highest BCUT2D eigenvalue weighted by Gasteiger charge is 2.23. The minimum absolute atomic E-state index is 0.0107. The van der Waals surface area contributed by atoms with Crippen molar-refractivity contribution in [3.8, 4) is 5.75 Å². The number of benzene rings is 3. The molecule has 2 amide bonds. The summed E-state index contributed by atoms with van der Waals surface area (Å²) in [5.41, 5.74) is 2.11. The van der Waals surface area contributed by atoms with Crippen molar-refractivity contribution in [1.29, 1.82) is 0 Å². The summed E-state index contributed by atoms with van der Waals surface area (Å²) in [5.74, 6) is -0.250. The normalized spacial score (nSPS) is 10.6. The molecule has 0 saturated carbocycles. The first-order valence-corrected chi connectivity index (χ1v) is 9.93. The standard InChI is InChI=1S/C24H19ClN2O4/c1-30-20-9-5-3-7-18(20)26-24(29)23-22(17-6-2-4-8-19(17)31-23)27-21(28)14-15-10-12-16(25)13-11-15/h2-13H,14H2,1H3,(H,26,29)(H,27,28). The van der Waals surface area contributed by atoms with E-state index < -0.39 is 5.91 Å². The second-order valence-electron chi connectivity index (χ2n) is 6.81. The van der Waals surface area contributed by atoms with Crippen LogP contribution in [0.15, 0.2) is 77.2 Å². The SMILES string of the molecule is COc1ccccc1NC(=O)c1oc2ccccc2c1NC(=O)Cc1ccc(Cl)cc1. The number of para-hydroxylation sites is 3. The zero-order chi connectivity index (χ0) is 21.8. The highest BCUT2D eigenvalue weighted by Crippen LogP contribution is 2.32. The molecule has 2 N–H and O–H groups in total. The molecular weight excluding hydrogens is 416 g/mol. The Balaban J connectivity index is 1.63. The quantitative estimate of drug-likeness (QED) is 0.418. The number of nitrogens with one attached hydrogen (secondary N) is 2. The molecule has 6 nitrogen and oxygen atoms in total. The number of furan rings is 1. The minimum atomic E-state index is -0.498. The second kappa shape index (κ2) is 8.93. The van der Waals surface area contributed by atoms with Crippen molar-refractivity contribution in [2.45, 2.75) is 6.42 Å². The highest BCUT2D eigenvalue weighted by atomic mass is 35.5. The third-order valence-corrected chi connectivity index (χ3v) is 4.95. The van der Waals surface area contributed by atoms with E-state index >= 15 is 0 Å². The Morgan fingerprint density at radius 3 is 2.42 bits per heavy atom. The van der Waals surface area contributed by atoms with Crippen molar-refractivity contribution in [1.82, 2.24) is 0 Å². The van der Waals surface area contributed by atoms with E-state index in [-0.39, 0.29) is 18.1 Å². The lowest BCUT2D eigenvalue weighted by Crippen LogP contribution is -2.18. The molecule has 31 heavy (non-hydrogen) atoms. The van der Waals surface area contributed by atoms with Crippen LogP contribution in [0.5, 0.6) is 5.75 Å². The van der Waals surface area contributed by atoms with Crippen LogP contribution >= 0.6 is 11.6 Å². The van der Waals surface area contributed by atoms with Crippen LogP contribution in [0.25, 0.3) is 11.0 Å². The van der Waals surface area contributed by atoms with Crippen LogP contribution < -0.4 is 15.4 Å². The number of halogens is 1. The molecule has 0 radical (unpaired) electrons. The number of hydrogen-bond acceptors (Lipinski definition) is 4. The number of fused-ring (bicyclic) bond motifs is 1. The third kappa shape index (κ3) is 4.54. The van der Waals surface area contributed by atoms with Crippen LogP contribution in [-0.4, -0.2) is 18.9 Å². The molecule has 0 fully saturated rings. The number of amides is 2. The zero-order valence-corrected chi connectivity index (χ0v) is 17.4. The molecule has 0 unspecified atom stereocenters. The molecule has 1 aromatic heterocycles. The number of ether oxygens (including phenoxy) is 1. The van der Waals surface area contributed by atoms with Gasteiger partial charge in [-0.3, -0.25) is 9.59 Å². The molecule has 0 aliphatic heterocycles. The summed E-state index contributed by atoms with van der Waals surface area (Å²) in [5, 5.41) is 6.85. The molecule has 0 saturated heterocycles. The fourth-order valence-electron chi connectivity index (χ4n) is 3.23. The smallest absolute Gasteiger partial charge is 0.293 e. The number of rotatable bonds is 6. The van der Waals surface area contributed by atoms with Gasteiger partial charge in [-0.2, -0.15) is 0 Å². The van der Waals surface area contributed by atoms with Crippen LogP contribution in [0.2, 0.25) is 5.02 Å². The van der Waals surface area contributed by atoms with Crippen molar-refractivity contribution in [2.24, 2.45) is 0 Å². The van der Waals surface area contributed by atoms with E-state index in [1.165, 1.54) is 7.11 Å². The molecule has 4 aromatic rings. The fourth-order valence-corrected chi connectivity index (χ4v) is 3.35. The van der Waals surface area contributed by atoms with E-state index in [1.807, 2.05) is 6.07 Å². The Bertz CT molecular complexity index is 1250. The van der Waals surface area contributed by atoms with Crippen molar-refractivity contribution in [2.75, 3.05) is 17.7 Å². The van der Waals surface area contributed by atoms with Gasteiger partial charge in [0.1, 0.15) is 17.0 Å². The van der Waals surface area contributed by atoms with Crippen molar-refractivity contribution >= 4 is 45.8 Å². The van der Waals surface area contributed by atoms with Gasteiger partial charge in [0, 0.05) is 10.4 Å². The predicted octanol–water partition coefficient (Wildman–Crippen LogP) is 5.53. The number of carbonyl (C=O) groups excluding carboxylic acids is 2. The minimum Gasteiger partial charge on any atom is -0.495 e. The topological polar surface area (TPSA) is 80.6 Å². The monoisotopic (exact) mass is 434 g/mol. The molecule has 7 heteroatoms. The summed E-state index contributed by atoms with van der Waals surface area (Å²) >= 11 is 5.91. The molecule has 0 aliphatic rings. The van der Waals surface area contributed by atoms with E-state index in [2.05, 4.69) is 10.6 Å². The molecule has 3 aromatic carbocycles. The third-order valence-electron chi connectivity index (χ3n) is 4.70. The maximum Gasteiger partial charge on any atom is 0.293 e. The first-order valence-electron chi connectivity index (χ1n) is 9.55. The van der Waals surface area contributed by atoms with E-state index in [4.69, 9.17) is 20.8 Å². The number of anilines is 2. The van der Waals surface area contributed by atoms with E-state index in [9.17, 15) is 9.59 Å². The van der Waals surface area contributed by atoms with Gasteiger partial charge in [-0.15, -0.1) is 0 Å². The molecule has 0 spiro atoms. The van der Waals surface area contributed by atoms with Crippen LogP contribution in [-0.2, 0) is 11.2 Å². The first kappa shape index (κ1) is 20.5. The van der Waals surface area contributed by atoms with Gasteiger partial charge < -0.3 is 19.8 Å². The lowest BCUT2D eigenvalue weighted by molar-refractivity contribution is -0.115. The fraction of sp³-hybridized carbons (Fsp3) is 0.0833. The number of methoxy groups -OCH3 is 1. The molecule has 0 bridgehead atoms. The Morgan fingerprint density at radius 1 is 0.935 bits per heavy atom. The van der Waals surface area contributed by atoms with Crippen LogP contribution in [0, 0.1) is 0 Å².